The van der Waals surface area contributed by atoms with E-state index in [2.05, 4.69) is 20.8 Å². The Balaban J connectivity index is 1.86. The van der Waals surface area contributed by atoms with Gasteiger partial charge < -0.3 is 20.4 Å². The van der Waals surface area contributed by atoms with Gasteiger partial charge in [0.05, 0.1) is 24.5 Å². The van der Waals surface area contributed by atoms with Crippen molar-refractivity contribution >= 4 is 29.0 Å². The summed E-state index contributed by atoms with van der Waals surface area (Å²) in [4.78, 5) is 15.5. The van der Waals surface area contributed by atoms with Crippen molar-refractivity contribution < 1.29 is 10.2 Å². The van der Waals surface area contributed by atoms with Gasteiger partial charge in [-0.2, -0.15) is 15.1 Å². The monoisotopic (exact) mass is 483 g/mol. The number of benzene rings is 2. The number of rotatable bonds is 11. The molecule has 0 aliphatic heterocycles. The van der Waals surface area contributed by atoms with Crippen molar-refractivity contribution in [3.63, 3.8) is 0 Å². The van der Waals surface area contributed by atoms with Gasteiger partial charge in [-0.1, -0.05) is 48.5 Å². The summed E-state index contributed by atoms with van der Waals surface area (Å²) >= 11 is 0. The maximum Gasteiger partial charge on any atom is 0.231 e. The lowest BCUT2D eigenvalue weighted by molar-refractivity contribution is 0.280. The van der Waals surface area contributed by atoms with E-state index in [1.807, 2.05) is 84.6 Å². The minimum atomic E-state index is -0.0955. The second-order valence-corrected chi connectivity index (χ2v) is 7.93. The molecule has 0 aliphatic rings. The Kier molecular flexibility index (Phi) is 8.53. The Morgan fingerprint density at radius 2 is 1.50 bits per heavy atom. The van der Waals surface area contributed by atoms with Crippen molar-refractivity contribution in [1.29, 1.82) is 0 Å². The Morgan fingerprint density at radius 3 is 2.14 bits per heavy atom. The Hall–Kier alpha value is -4.34. The summed E-state index contributed by atoms with van der Waals surface area (Å²) in [6.45, 7) is 2.30. The second kappa shape index (κ2) is 12.4. The first-order valence-electron chi connectivity index (χ1n) is 11.7. The molecule has 0 atom stereocenters. The standard InChI is InChI=1S/C27H29N7O2/c1-20(21-12-14-28-15-13-21)32-33-25-24(22-8-4-2-5-9-22)26(34(16-18-35)17-19-36)31-27(30-25)29-23-10-6-3-7-11-23/h2-15,35-36H,16-19H2,1H3,(H2,29,30,31,33). The first-order valence-corrected chi connectivity index (χ1v) is 11.7. The number of nitrogens with zero attached hydrogens (tertiary/aromatic N) is 5. The van der Waals surface area contributed by atoms with Crippen LogP contribution < -0.4 is 15.6 Å². The minimum Gasteiger partial charge on any atom is -0.395 e. The molecule has 9 heteroatoms. The van der Waals surface area contributed by atoms with Gasteiger partial charge >= 0.3 is 0 Å². The zero-order valence-corrected chi connectivity index (χ0v) is 20.0. The molecule has 0 amide bonds. The number of aliphatic hydroxyl groups is 2. The maximum atomic E-state index is 9.74. The third-order valence-electron chi connectivity index (χ3n) is 5.45. The molecule has 2 aromatic heterocycles. The van der Waals surface area contributed by atoms with E-state index in [1.54, 1.807) is 12.4 Å². The quantitative estimate of drug-likeness (QED) is 0.187. The lowest BCUT2D eigenvalue weighted by Crippen LogP contribution is -2.31. The highest BCUT2D eigenvalue weighted by molar-refractivity contribution is 5.99. The van der Waals surface area contributed by atoms with Crippen LogP contribution in [0.1, 0.15) is 12.5 Å². The molecule has 4 rings (SSSR count). The smallest absolute Gasteiger partial charge is 0.231 e. The molecular formula is C27H29N7O2. The predicted octanol–water partition coefficient (Wildman–Crippen LogP) is 3.91. The lowest BCUT2D eigenvalue weighted by Gasteiger charge is -2.26. The van der Waals surface area contributed by atoms with Crippen LogP contribution in [0.2, 0.25) is 0 Å². The van der Waals surface area contributed by atoms with Crippen molar-refractivity contribution in [1.82, 2.24) is 15.0 Å². The summed E-state index contributed by atoms with van der Waals surface area (Å²) < 4.78 is 0. The maximum absolute atomic E-state index is 9.74. The number of aliphatic hydroxyl groups excluding tert-OH is 2. The number of para-hydroxylation sites is 1. The highest BCUT2D eigenvalue weighted by atomic mass is 16.3. The van der Waals surface area contributed by atoms with Gasteiger partial charge in [-0.25, -0.2) is 0 Å². The van der Waals surface area contributed by atoms with Crippen LogP contribution in [0.15, 0.2) is 90.3 Å². The van der Waals surface area contributed by atoms with E-state index in [0.717, 1.165) is 22.5 Å². The fourth-order valence-electron chi connectivity index (χ4n) is 3.70. The summed E-state index contributed by atoms with van der Waals surface area (Å²) in [6.07, 6.45) is 3.44. The normalized spacial score (nSPS) is 11.2. The van der Waals surface area contributed by atoms with Crippen LogP contribution in [0, 0.1) is 0 Å². The van der Waals surface area contributed by atoms with Gasteiger partial charge in [-0.15, -0.1) is 0 Å². The average Bonchev–Trinajstić information content (AvgIpc) is 2.93. The first kappa shape index (κ1) is 24.8. The van der Waals surface area contributed by atoms with Crippen molar-refractivity contribution in [3.8, 4) is 11.1 Å². The number of hydrazone groups is 1. The van der Waals surface area contributed by atoms with Gasteiger partial charge in [0, 0.05) is 36.7 Å². The van der Waals surface area contributed by atoms with E-state index in [9.17, 15) is 10.2 Å². The number of aromatic nitrogens is 3. The molecule has 4 N–H and O–H groups in total. The molecule has 0 aliphatic carbocycles. The van der Waals surface area contributed by atoms with Gasteiger partial charge in [0.1, 0.15) is 5.82 Å². The third kappa shape index (κ3) is 6.21. The minimum absolute atomic E-state index is 0.0955. The van der Waals surface area contributed by atoms with Crippen LogP contribution in [-0.4, -0.2) is 57.2 Å². The summed E-state index contributed by atoms with van der Waals surface area (Å²) in [6, 6.07) is 23.1. The highest BCUT2D eigenvalue weighted by Gasteiger charge is 2.21. The molecule has 2 heterocycles. The summed E-state index contributed by atoms with van der Waals surface area (Å²) in [5, 5.41) is 27.3. The van der Waals surface area contributed by atoms with E-state index in [4.69, 9.17) is 9.97 Å². The average molecular weight is 484 g/mol. The van der Waals surface area contributed by atoms with Crippen molar-refractivity contribution in [3.05, 3.63) is 90.8 Å². The van der Waals surface area contributed by atoms with Gasteiger partial charge in [0.15, 0.2) is 5.82 Å². The van der Waals surface area contributed by atoms with Crippen LogP contribution >= 0.6 is 0 Å². The van der Waals surface area contributed by atoms with Gasteiger partial charge in [0.2, 0.25) is 5.95 Å². The number of anilines is 4. The molecule has 0 saturated carbocycles. The molecule has 0 fully saturated rings. The summed E-state index contributed by atoms with van der Waals surface area (Å²) in [7, 11) is 0. The van der Waals surface area contributed by atoms with Gasteiger partial charge in [-0.05, 0) is 36.8 Å². The number of hydrogen-bond acceptors (Lipinski definition) is 9. The zero-order chi connectivity index (χ0) is 25.2. The van der Waals surface area contributed by atoms with E-state index < -0.39 is 0 Å². The molecule has 0 unspecified atom stereocenters. The topological polar surface area (TPSA) is 119 Å². The van der Waals surface area contributed by atoms with Crippen LogP contribution in [-0.2, 0) is 0 Å². The van der Waals surface area contributed by atoms with E-state index in [-0.39, 0.29) is 13.2 Å². The molecule has 184 valence electrons. The molecular weight excluding hydrogens is 454 g/mol. The van der Waals surface area contributed by atoms with E-state index in [1.165, 1.54) is 0 Å². The highest BCUT2D eigenvalue weighted by Crippen LogP contribution is 2.36. The van der Waals surface area contributed by atoms with Crippen LogP contribution in [0.5, 0.6) is 0 Å². The predicted molar refractivity (Wildman–Crippen MR) is 144 cm³/mol. The number of hydrogen-bond donors (Lipinski definition) is 4. The number of nitrogens with one attached hydrogen (secondary N) is 2. The summed E-state index contributed by atoms with van der Waals surface area (Å²) in [5.41, 5.74) is 7.24. The zero-order valence-electron chi connectivity index (χ0n) is 20.0. The van der Waals surface area contributed by atoms with Crippen molar-refractivity contribution in [2.24, 2.45) is 5.10 Å². The molecule has 4 aromatic rings. The number of pyridine rings is 1. The Morgan fingerprint density at radius 1 is 0.861 bits per heavy atom. The first-order chi connectivity index (χ1) is 17.7. The van der Waals surface area contributed by atoms with Crippen molar-refractivity contribution in [2.45, 2.75) is 6.92 Å². The largest absolute Gasteiger partial charge is 0.395 e. The third-order valence-corrected chi connectivity index (χ3v) is 5.45. The SMILES string of the molecule is CC(=NNc1nc(Nc2ccccc2)nc(N(CCO)CCO)c1-c1ccccc1)c1ccncc1. The van der Waals surface area contributed by atoms with Gasteiger partial charge in [-0.3, -0.25) is 10.4 Å². The van der Waals surface area contributed by atoms with Crippen molar-refractivity contribution in [2.75, 3.05) is 41.9 Å². The summed E-state index contributed by atoms with van der Waals surface area (Å²) in [5.74, 6) is 1.41. The van der Waals surface area contributed by atoms with Gasteiger partial charge in [0.25, 0.3) is 0 Å². The molecule has 0 saturated heterocycles. The fraction of sp³-hybridized carbons (Fsp3) is 0.185. The van der Waals surface area contributed by atoms with Crippen LogP contribution in [0.4, 0.5) is 23.3 Å². The van der Waals surface area contributed by atoms with Crippen LogP contribution in [0.3, 0.4) is 0 Å². The Labute approximate surface area is 210 Å². The molecule has 0 bridgehead atoms. The Bertz CT molecular complexity index is 1260. The van der Waals surface area contributed by atoms with Crippen LogP contribution in [0.25, 0.3) is 11.1 Å². The second-order valence-electron chi connectivity index (χ2n) is 7.93. The molecule has 0 radical (unpaired) electrons. The molecule has 0 spiro atoms. The lowest BCUT2D eigenvalue weighted by atomic mass is 10.1. The molecule has 2 aromatic carbocycles. The molecule has 9 nitrogen and oxygen atoms in total. The fourth-order valence-corrected chi connectivity index (χ4v) is 3.70. The molecule has 36 heavy (non-hydrogen) atoms. The van der Waals surface area contributed by atoms with E-state index >= 15 is 0 Å². The van der Waals surface area contributed by atoms with E-state index in [0.29, 0.717) is 36.2 Å².